The highest BCUT2D eigenvalue weighted by Crippen LogP contribution is 2.23. The molecular formula is C9H9BrO3. The number of aliphatic carboxylic acids is 1. The molecule has 1 aromatic rings. The number of halogens is 1. The molecule has 0 amide bonds. The van der Waals surface area contributed by atoms with E-state index in [-0.39, 0.29) is 0 Å². The lowest BCUT2D eigenvalue weighted by molar-refractivity contribution is -0.157. The average molecular weight is 245 g/mol. The minimum atomic E-state index is -1.83. The van der Waals surface area contributed by atoms with E-state index in [1.807, 2.05) is 0 Å². The first-order valence-electron chi connectivity index (χ1n) is 3.66. The van der Waals surface area contributed by atoms with Crippen molar-refractivity contribution in [2.24, 2.45) is 0 Å². The summed E-state index contributed by atoms with van der Waals surface area (Å²) in [5.74, 6) is -1.26. The van der Waals surface area contributed by atoms with Crippen LogP contribution in [0.2, 0.25) is 0 Å². The zero-order valence-electron chi connectivity index (χ0n) is 6.99. The molecule has 0 spiro atoms. The molecule has 0 aliphatic rings. The molecule has 0 saturated heterocycles. The quantitative estimate of drug-likeness (QED) is 0.834. The van der Waals surface area contributed by atoms with Gasteiger partial charge in [0.1, 0.15) is 0 Å². The third kappa shape index (κ3) is 2.08. The van der Waals surface area contributed by atoms with Crippen LogP contribution in [0.15, 0.2) is 28.7 Å². The molecule has 0 fully saturated rings. The Bertz CT molecular complexity index is 333. The van der Waals surface area contributed by atoms with Gasteiger partial charge in [0.15, 0.2) is 5.60 Å². The highest BCUT2D eigenvalue weighted by Gasteiger charge is 2.31. The summed E-state index contributed by atoms with van der Waals surface area (Å²) in [7, 11) is 0. The van der Waals surface area contributed by atoms with Crippen LogP contribution in [-0.4, -0.2) is 16.2 Å². The minimum absolute atomic E-state index is 0.356. The van der Waals surface area contributed by atoms with Crippen LogP contribution in [-0.2, 0) is 10.4 Å². The number of aliphatic hydroxyl groups is 1. The average Bonchev–Trinajstić information content (AvgIpc) is 2.04. The Kier molecular flexibility index (Phi) is 2.73. The Balaban J connectivity index is 3.14. The molecule has 0 aliphatic carbocycles. The van der Waals surface area contributed by atoms with Crippen molar-refractivity contribution >= 4 is 21.9 Å². The molecule has 1 atom stereocenters. The lowest BCUT2D eigenvalue weighted by Gasteiger charge is -2.18. The molecule has 70 valence electrons. The van der Waals surface area contributed by atoms with Gasteiger partial charge in [0.05, 0.1) is 0 Å². The van der Waals surface area contributed by atoms with Crippen molar-refractivity contribution in [3.8, 4) is 0 Å². The molecule has 0 heterocycles. The van der Waals surface area contributed by atoms with Gasteiger partial charge < -0.3 is 10.2 Å². The van der Waals surface area contributed by atoms with E-state index in [1.165, 1.54) is 6.92 Å². The predicted molar refractivity (Wildman–Crippen MR) is 51.3 cm³/mol. The lowest BCUT2D eigenvalue weighted by atomic mass is 9.97. The zero-order valence-corrected chi connectivity index (χ0v) is 8.58. The molecule has 13 heavy (non-hydrogen) atoms. The lowest BCUT2D eigenvalue weighted by Crippen LogP contribution is -2.31. The Morgan fingerprint density at radius 3 is 2.62 bits per heavy atom. The first-order valence-corrected chi connectivity index (χ1v) is 4.45. The van der Waals surface area contributed by atoms with Gasteiger partial charge in [-0.05, 0) is 24.6 Å². The van der Waals surface area contributed by atoms with Crippen LogP contribution in [0.3, 0.4) is 0 Å². The smallest absolute Gasteiger partial charge is 0.340 e. The molecule has 0 saturated carbocycles. The number of hydrogen-bond donors (Lipinski definition) is 2. The fraction of sp³-hybridized carbons (Fsp3) is 0.222. The van der Waals surface area contributed by atoms with E-state index in [0.29, 0.717) is 5.56 Å². The second-order valence-electron chi connectivity index (χ2n) is 2.89. The van der Waals surface area contributed by atoms with Crippen molar-refractivity contribution in [1.82, 2.24) is 0 Å². The van der Waals surface area contributed by atoms with Crippen LogP contribution in [0.25, 0.3) is 0 Å². The first-order chi connectivity index (χ1) is 5.94. The number of benzene rings is 1. The zero-order chi connectivity index (χ0) is 10.1. The molecule has 0 aromatic heterocycles. The third-order valence-corrected chi connectivity index (χ3v) is 2.30. The molecule has 0 bridgehead atoms. The largest absolute Gasteiger partial charge is 0.479 e. The summed E-state index contributed by atoms with van der Waals surface area (Å²) in [5, 5.41) is 18.3. The van der Waals surface area contributed by atoms with Gasteiger partial charge in [0.25, 0.3) is 0 Å². The van der Waals surface area contributed by atoms with Crippen molar-refractivity contribution in [2.45, 2.75) is 12.5 Å². The summed E-state index contributed by atoms with van der Waals surface area (Å²) in [6.07, 6.45) is 0. The topological polar surface area (TPSA) is 57.5 Å². The van der Waals surface area contributed by atoms with Crippen LogP contribution >= 0.6 is 15.9 Å². The summed E-state index contributed by atoms with van der Waals surface area (Å²) in [4.78, 5) is 10.7. The van der Waals surface area contributed by atoms with Crippen molar-refractivity contribution in [1.29, 1.82) is 0 Å². The maximum Gasteiger partial charge on any atom is 0.340 e. The monoisotopic (exact) mass is 244 g/mol. The van der Waals surface area contributed by atoms with E-state index in [2.05, 4.69) is 15.9 Å². The molecule has 1 rings (SSSR count). The SMILES string of the molecule is C[C@@](O)(C(=O)O)c1cccc(Br)c1. The number of hydrogen-bond acceptors (Lipinski definition) is 2. The van der Waals surface area contributed by atoms with Crippen molar-refractivity contribution < 1.29 is 15.0 Å². The number of rotatable bonds is 2. The number of carbonyl (C=O) groups is 1. The van der Waals surface area contributed by atoms with Crippen molar-refractivity contribution in [2.75, 3.05) is 0 Å². The maximum absolute atomic E-state index is 10.7. The Labute approximate surface area is 84.1 Å². The van der Waals surface area contributed by atoms with Crippen LogP contribution in [0.4, 0.5) is 0 Å². The van der Waals surface area contributed by atoms with Gasteiger partial charge in [-0.1, -0.05) is 28.1 Å². The summed E-state index contributed by atoms with van der Waals surface area (Å²) >= 11 is 3.20. The molecule has 0 aliphatic heterocycles. The molecular weight excluding hydrogens is 236 g/mol. The summed E-state index contributed by atoms with van der Waals surface area (Å²) in [6, 6.07) is 6.59. The van der Waals surface area contributed by atoms with E-state index >= 15 is 0 Å². The standard InChI is InChI=1S/C9H9BrO3/c1-9(13,8(11)12)6-3-2-4-7(10)5-6/h2-5,13H,1H3,(H,11,12)/t9-/m0/s1. The minimum Gasteiger partial charge on any atom is -0.479 e. The fourth-order valence-corrected chi connectivity index (χ4v) is 1.31. The molecule has 0 radical (unpaired) electrons. The van der Waals surface area contributed by atoms with E-state index < -0.39 is 11.6 Å². The number of carboxylic acid groups (broad SMARTS) is 1. The Hall–Kier alpha value is -0.870. The predicted octanol–water partition coefficient (Wildman–Crippen LogP) is 1.74. The van der Waals surface area contributed by atoms with Gasteiger partial charge in [-0.2, -0.15) is 0 Å². The van der Waals surface area contributed by atoms with Gasteiger partial charge in [0, 0.05) is 4.47 Å². The van der Waals surface area contributed by atoms with Crippen LogP contribution < -0.4 is 0 Å². The Morgan fingerprint density at radius 2 is 2.15 bits per heavy atom. The Morgan fingerprint density at radius 1 is 1.54 bits per heavy atom. The normalized spacial score (nSPS) is 15.0. The first kappa shape index (κ1) is 10.2. The molecule has 1 aromatic carbocycles. The van der Waals surface area contributed by atoms with Gasteiger partial charge in [0.2, 0.25) is 0 Å². The molecule has 0 unspecified atom stereocenters. The highest BCUT2D eigenvalue weighted by atomic mass is 79.9. The van der Waals surface area contributed by atoms with Gasteiger partial charge in [-0.25, -0.2) is 4.79 Å². The fourth-order valence-electron chi connectivity index (χ4n) is 0.915. The molecule has 4 heteroatoms. The van der Waals surface area contributed by atoms with Crippen LogP contribution in [0.5, 0.6) is 0 Å². The van der Waals surface area contributed by atoms with Crippen LogP contribution in [0.1, 0.15) is 12.5 Å². The van der Waals surface area contributed by atoms with E-state index in [4.69, 9.17) is 5.11 Å². The van der Waals surface area contributed by atoms with Gasteiger partial charge in [-0.3, -0.25) is 0 Å². The second-order valence-corrected chi connectivity index (χ2v) is 3.80. The van der Waals surface area contributed by atoms with Crippen LogP contribution in [0, 0.1) is 0 Å². The number of carboxylic acids is 1. The van der Waals surface area contributed by atoms with Crippen molar-refractivity contribution in [3.63, 3.8) is 0 Å². The van der Waals surface area contributed by atoms with E-state index in [0.717, 1.165) is 4.47 Å². The highest BCUT2D eigenvalue weighted by molar-refractivity contribution is 9.10. The van der Waals surface area contributed by atoms with Gasteiger partial charge in [-0.15, -0.1) is 0 Å². The third-order valence-electron chi connectivity index (χ3n) is 1.80. The molecule has 2 N–H and O–H groups in total. The summed E-state index contributed by atoms with van der Waals surface area (Å²) < 4.78 is 0.742. The summed E-state index contributed by atoms with van der Waals surface area (Å²) in [5.41, 5.74) is -1.47. The van der Waals surface area contributed by atoms with Gasteiger partial charge >= 0.3 is 5.97 Å². The maximum atomic E-state index is 10.7. The van der Waals surface area contributed by atoms with Crippen molar-refractivity contribution in [3.05, 3.63) is 34.3 Å². The molecule has 3 nitrogen and oxygen atoms in total. The summed E-state index contributed by atoms with van der Waals surface area (Å²) in [6.45, 7) is 1.25. The van der Waals surface area contributed by atoms with E-state index in [1.54, 1.807) is 24.3 Å². The van der Waals surface area contributed by atoms with E-state index in [9.17, 15) is 9.90 Å². The second kappa shape index (κ2) is 3.47.